The van der Waals surface area contributed by atoms with Crippen molar-refractivity contribution in [2.75, 3.05) is 23.4 Å². The molecule has 2 aliphatic carbocycles. The van der Waals surface area contributed by atoms with E-state index in [2.05, 4.69) is 10.3 Å². The number of fused-ring (bicyclic) bond motifs is 9. The molecule has 10 nitrogen and oxygen atoms in total. The van der Waals surface area contributed by atoms with E-state index < -0.39 is 35.4 Å². The van der Waals surface area contributed by atoms with Gasteiger partial charge in [0.2, 0.25) is 11.8 Å². The van der Waals surface area contributed by atoms with Crippen LogP contribution in [0.2, 0.25) is 5.02 Å². The first kappa shape index (κ1) is 32.7. The van der Waals surface area contributed by atoms with E-state index in [0.717, 1.165) is 21.2 Å². The van der Waals surface area contributed by atoms with Gasteiger partial charge in [0.15, 0.2) is 6.61 Å². The van der Waals surface area contributed by atoms with Crippen molar-refractivity contribution in [1.29, 1.82) is 0 Å². The Morgan fingerprint density at radius 3 is 2.44 bits per heavy atom. The molecule has 14 heteroatoms. The molecule has 3 heterocycles. The van der Waals surface area contributed by atoms with Gasteiger partial charge in [0.05, 0.1) is 34.7 Å². The first-order chi connectivity index (χ1) is 24.1. The number of benzene rings is 3. The van der Waals surface area contributed by atoms with Gasteiger partial charge in [-0.2, -0.15) is 0 Å². The smallest absolute Gasteiger partial charge is 0.338 e. The van der Waals surface area contributed by atoms with Crippen molar-refractivity contribution >= 4 is 69.8 Å². The fourth-order valence-corrected chi connectivity index (χ4v) is 11.4. The topological polar surface area (TPSA) is 135 Å². The van der Waals surface area contributed by atoms with Crippen LogP contribution in [-0.4, -0.2) is 47.1 Å². The number of nitrogens with one attached hydrogen (secondary N) is 2. The number of aromatic amines is 1. The SMILES string of the molecule is CCOC(=O)c1ccc(N2C(=O)C3C(C2=O)[C@@H]2C[C@H]3C3Sc4[nH]c(=O)sc4[C@H](c4cc(Cl)ccc4OCC(=O)Nc4ccc(F)cc4)C32)cc1. The fourth-order valence-electron chi connectivity index (χ4n) is 8.35. The first-order valence-corrected chi connectivity index (χ1v) is 18.2. The Hall–Kier alpha value is -4.46. The third kappa shape index (κ3) is 5.42. The summed E-state index contributed by atoms with van der Waals surface area (Å²) in [5.74, 6) is -3.37. The maximum atomic E-state index is 14.2. The molecule has 50 heavy (non-hydrogen) atoms. The van der Waals surface area contributed by atoms with Gasteiger partial charge in [-0.05, 0) is 97.8 Å². The number of amides is 3. The normalized spacial score (nSPS) is 26.0. The Kier molecular flexibility index (Phi) is 8.31. The lowest BCUT2D eigenvalue weighted by molar-refractivity contribution is -0.123. The number of anilines is 2. The van der Waals surface area contributed by atoms with Crippen LogP contribution >= 0.6 is 34.7 Å². The Balaban J connectivity index is 1.11. The highest BCUT2D eigenvalue weighted by molar-refractivity contribution is 8.00. The number of esters is 1. The van der Waals surface area contributed by atoms with Crippen LogP contribution in [-0.2, 0) is 19.1 Å². The van der Waals surface area contributed by atoms with E-state index in [1.165, 1.54) is 29.2 Å². The molecule has 0 spiro atoms. The second kappa shape index (κ2) is 12.7. The maximum Gasteiger partial charge on any atom is 0.338 e. The van der Waals surface area contributed by atoms with Crippen molar-refractivity contribution < 1.29 is 33.0 Å². The van der Waals surface area contributed by atoms with E-state index in [0.29, 0.717) is 39.7 Å². The van der Waals surface area contributed by atoms with E-state index in [-0.39, 0.29) is 52.9 Å². The number of rotatable bonds is 8. The lowest BCUT2D eigenvalue weighted by Crippen LogP contribution is -2.42. The molecule has 7 atom stereocenters. The molecule has 2 N–H and O–H groups in total. The molecule has 2 saturated carbocycles. The molecule has 4 aromatic rings. The van der Waals surface area contributed by atoms with Crippen LogP contribution < -0.4 is 19.8 Å². The third-order valence-electron chi connectivity index (χ3n) is 10.2. The average molecular weight is 734 g/mol. The maximum absolute atomic E-state index is 14.2. The minimum atomic E-state index is -0.552. The number of imide groups is 1. The van der Waals surface area contributed by atoms with Gasteiger partial charge in [-0.25, -0.2) is 9.18 Å². The standard InChI is InChI=1S/C36H29ClFN3O7S2/c1-2-47-35(45)16-3-10-20(11-4-16)41-33(43)28-22-14-23(29(28)34(41)44)30-27(22)26(31-32(49-30)40-36(46)50-31)21-13-17(37)5-12-24(21)48-15-25(42)39-19-8-6-18(38)7-9-19/h3-13,22-23,26-30H,2,14-15H2,1H3,(H,39,42)(H,40,46)/t22-,23-,26-,27?,28?,29?,30?/m1/s1. The summed E-state index contributed by atoms with van der Waals surface area (Å²) in [6, 6.07) is 16.8. The van der Waals surface area contributed by atoms with Gasteiger partial charge in [0, 0.05) is 32.3 Å². The quantitative estimate of drug-likeness (QED) is 0.164. The predicted molar refractivity (Wildman–Crippen MR) is 185 cm³/mol. The largest absolute Gasteiger partial charge is 0.483 e. The van der Waals surface area contributed by atoms with E-state index >= 15 is 0 Å². The zero-order valence-corrected chi connectivity index (χ0v) is 28.8. The zero-order valence-electron chi connectivity index (χ0n) is 26.4. The molecular weight excluding hydrogens is 705 g/mol. The number of carbonyl (C=O) groups is 4. The first-order valence-electron chi connectivity index (χ1n) is 16.1. The second-order valence-corrected chi connectivity index (χ2v) is 15.4. The predicted octanol–water partition coefficient (Wildman–Crippen LogP) is 6.10. The van der Waals surface area contributed by atoms with Crippen molar-refractivity contribution in [2.45, 2.75) is 29.5 Å². The Bertz CT molecular complexity index is 2100. The summed E-state index contributed by atoms with van der Waals surface area (Å²) in [5, 5.41) is 3.77. The highest BCUT2D eigenvalue weighted by Gasteiger charge is 2.70. The van der Waals surface area contributed by atoms with Gasteiger partial charge < -0.3 is 19.8 Å². The van der Waals surface area contributed by atoms with E-state index in [1.54, 1.807) is 61.2 Å². The number of thiazole rings is 1. The Labute approximate surface area is 298 Å². The van der Waals surface area contributed by atoms with Crippen molar-refractivity contribution in [3.05, 3.63) is 103 Å². The van der Waals surface area contributed by atoms with Crippen LogP contribution in [0.15, 0.2) is 76.6 Å². The van der Waals surface area contributed by atoms with Gasteiger partial charge in [0.25, 0.3) is 5.91 Å². The van der Waals surface area contributed by atoms with Gasteiger partial charge in [-0.3, -0.25) is 24.1 Å². The molecular formula is C36H29ClFN3O7S2. The van der Waals surface area contributed by atoms with Crippen molar-refractivity contribution in [1.82, 2.24) is 4.98 Å². The molecule has 2 bridgehead atoms. The van der Waals surface area contributed by atoms with Gasteiger partial charge in [0.1, 0.15) is 11.6 Å². The van der Waals surface area contributed by atoms with Crippen molar-refractivity contribution in [2.24, 2.45) is 29.6 Å². The van der Waals surface area contributed by atoms with Crippen molar-refractivity contribution in [3.63, 3.8) is 0 Å². The lowest BCUT2D eigenvalue weighted by atomic mass is 9.68. The summed E-state index contributed by atoms with van der Waals surface area (Å²) in [5.41, 5.74) is 1.84. The summed E-state index contributed by atoms with van der Waals surface area (Å²) >= 11 is 9.23. The van der Waals surface area contributed by atoms with Gasteiger partial charge in [-0.15, -0.1) is 11.8 Å². The molecule has 1 aromatic heterocycles. The number of hydrogen-bond acceptors (Lipinski definition) is 9. The number of hydrogen-bond donors (Lipinski definition) is 2. The van der Waals surface area contributed by atoms with Gasteiger partial charge in [-0.1, -0.05) is 22.9 Å². The summed E-state index contributed by atoms with van der Waals surface area (Å²) in [6.07, 6.45) is 0.678. The number of nitrogens with zero attached hydrogens (tertiary/aromatic N) is 1. The van der Waals surface area contributed by atoms with Crippen molar-refractivity contribution in [3.8, 4) is 5.75 Å². The molecule has 4 unspecified atom stereocenters. The van der Waals surface area contributed by atoms with Crippen LogP contribution in [0.5, 0.6) is 5.75 Å². The monoisotopic (exact) mass is 733 g/mol. The molecule has 4 aliphatic rings. The van der Waals surface area contributed by atoms with Gasteiger partial charge >= 0.3 is 10.8 Å². The minimum absolute atomic E-state index is 0.0829. The molecule has 1 saturated heterocycles. The molecule has 3 amide bonds. The summed E-state index contributed by atoms with van der Waals surface area (Å²) in [4.78, 5) is 70.9. The number of H-pyrrole nitrogens is 1. The molecule has 8 rings (SSSR count). The third-order valence-corrected chi connectivity index (χ3v) is 13.0. The number of carbonyl (C=O) groups excluding carboxylic acids is 4. The molecule has 2 aliphatic heterocycles. The molecule has 3 aromatic carbocycles. The van der Waals surface area contributed by atoms with E-state index in [4.69, 9.17) is 21.1 Å². The van der Waals surface area contributed by atoms with E-state index in [9.17, 15) is 28.4 Å². The van der Waals surface area contributed by atoms with Crippen LogP contribution in [0.25, 0.3) is 0 Å². The lowest BCUT2D eigenvalue weighted by Gasteiger charge is -2.43. The molecule has 3 fully saturated rings. The van der Waals surface area contributed by atoms with Crippen LogP contribution in [0.4, 0.5) is 15.8 Å². The highest BCUT2D eigenvalue weighted by atomic mass is 35.5. The Morgan fingerprint density at radius 1 is 1.00 bits per heavy atom. The molecule has 0 radical (unpaired) electrons. The summed E-state index contributed by atoms with van der Waals surface area (Å²) < 4.78 is 24.5. The number of ether oxygens (including phenoxy) is 2. The van der Waals surface area contributed by atoms with Crippen LogP contribution in [0.3, 0.4) is 0 Å². The second-order valence-electron chi connectivity index (χ2n) is 12.8. The van der Waals surface area contributed by atoms with Crippen LogP contribution in [0, 0.1) is 35.4 Å². The zero-order chi connectivity index (χ0) is 34.8. The number of aromatic nitrogens is 1. The minimum Gasteiger partial charge on any atom is -0.483 e. The summed E-state index contributed by atoms with van der Waals surface area (Å²) in [6.45, 7) is 1.60. The fraction of sp³-hybridized carbons (Fsp3) is 0.306. The average Bonchev–Trinajstić information content (AvgIpc) is 3.84. The molecule has 256 valence electrons. The number of halogens is 2. The van der Waals surface area contributed by atoms with Crippen LogP contribution in [0.1, 0.15) is 40.1 Å². The number of thioether (sulfide) groups is 1. The summed E-state index contributed by atoms with van der Waals surface area (Å²) in [7, 11) is 0. The highest BCUT2D eigenvalue weighted by Crippen LogP contribution is 2.69. The Morgan fingerprint density at radius 2 is 1.72 bits per heavy atom. The van der Waals surface area contributed by atoms with E-state index in [1.807, 2.05) is 0 Å².